The topological polar surface area (TPSA) is 52.2 Å². The van der Waals surface area contributed by atoms with Crippen LogP contribution < -0.4 is 19.6 Å². The second-order valence-corrected chi connectivity index (χ2v) is 10.5. The van der Waals surface area contributed by atoms with Gasteiger partial charge in [0.25, 0.3) is 0 Å². The Balaban J connectivity index is 1.83. The minimum Gasteiger partial charge on any atom is -0.426 e. The van der Waals surface area contributed by atoms with Gasteiger partial charge < -0.3 is 19.4 Å². The lowest BCUT2D eigenvalue weighted by Crippen LogP contribution is -2.45. The minimum absolute atomic E-state index is 0.394. The van der Waals surface area contributed by atoms with Gasteiger partial charge in [-0.3, -0.25) is 9.88 Å². The number of fused-ring (bicyclic) bond motifs is 1. The monoisotopic (exact) mass is 521 g/mol. The number of hydrogen-bond donors (Lipinski definition) is 0. The van der Waals surface area contributed by atoms with E-state index >= 15 is 0 Å². The van der Waals surface area contributed by atoms with Crippen molar-refractivity contribution in [2.45, 2.75) is 12.6 Å². The van der Waals surface area contributed by atoms with Crippen LogP contribution in [0.15, 0.2) is 85.2 Å². The highest BCUT2D eigenvalue weighted by Crippen LogP contribution is 2.51. The van der Waals surface area contributed by atoms with Crippen LogP contribution in [0.2, 0.25) is 0 Å². The number of pyridine rings is 1. The number of cyclic esters (lactones) is 1. The first-order valence-corrected chi connectivity index (χ1v) is 12.9. The molecule has 2 heterocycles. The fourth-order valence-corrected chi connectivity index (χ4v) is 5.20. The third-order valence-electron chi connectivity index (χ3n) is 7.30. The summed E-state index contributed by atoms with van der Waals surface area (Å²) >= 11 is 0. The van der Waals surface area contributed by atoms with Gasteiger partial charge in [-0.25, -0.2) is 4.79 Å². The van der Waals surface area contributed by atoms with Crippen molar-refractivity contribution in [3.05, 3.63) is 107 Å². The van der Waals surface area contributed by atoms with Gasteiger partial charge in [-0.2, -0.15) is 0 Å². The Morgan fingerprint density at radius 3 is 1.62 bits per heavy atom. The summed E-state index contributed by atoms with van der Waals surface area (Å²) in [5.41, 5.74) is 6.90. The van der Waals surface area contributed by atoms with Gasteiger partial charge in [0.15, 0.2) is 0 Å². The summed E-state index contributed by atoms with van der Waals surface area (Å²) in [5.74, 6) is -0.394. The van der Waals surface area contributed by atoms with Gasteiger partial charge in [-0.05, 0) is 79.2 Å². The van der Waals surface area contributed by atoms with Crippen LogP contribution in [-0.4, -0.2) is 53.2 Å². The van der Waals surface area contributed by atoms with Gasteiger partial charge in [-0.1, -0.05) is 6.07 Å². The first-order chi connectivity index (χ1) is 18.6. The summed E-state index contributed by atoms with van der Waals surface area (Å²) in [7, 11) is 12.1. The van der Waals surface area contributed by atoms with E-state index in [-0.39, 0.29) is 0 Å². The fourth-order valence-electron chi connectivity index (χ4n) is 5.20. The Hall–Kier alpha value is -4.52. The zero-order chi connectivity index (χ0) is 27.9. The number of hydrogen-bond acceptors (Lipinski definition) is 7. The highest BCUT2D eigenvalue weighted by molar-refractivity contribution is 5.96. The molecule has 0 saturated carbocycles. The number of esters is 1. The standard InChI is InChI=1S/C32H35N5O2/c1-22-20-27(36(6)7)16-17-29(22)32(30-18-19-33-21-28(30)31(38)39-32)37(25-12-8-23(9-13-25)34(2)3)26-14-10-24(11-15-26)35(4)5/h8-21H,1-7H3. The second-order valence-electron chi connectivity index (χ2n) is 10.5. The maximum Gasteiger partial charge on any atom is 0.342 e. The summed E-state index contributed by atoms with van der Waals surface area (Å²) < 4.78 is 6.53. The van der Waals surface area contributed by atoms with Crippen LogP contribution in [0.1, 0.15) is 27.0 Å². The maximum absolute atomic E-state index is 13.5. The smallest absolute Gasteiger partial charge is 0.342 e. The fraction of sp³-hybridized carbons (Fsp3) is 0.250. The molecule has 0 amide bonds. The lowest BCUT2D eigenvalue weighted by Gasteiger charge is -2.43. The lowest BCUT2D eigenvalue weighted by atomic mass is 9.88. The molecule has 1 aliphatic rings. The number of ether oxygens (including phenoxy) is 1. The highest BCUT2D eigenvalue weighted by atomic mass is 16.6. The predicted octanol–water partition coefficient (Wildman–Crippen LogP) is 5.80. The molecule has 0 bridgehead atoms. The molecule has 5 rings (SSSR count). The number of anilines is 5. The first-order valence-electron chi connectivity index (χ1n) is 12.9. The van der Waals surface area contributed by atoms with Crippen molar-refractivity contribution in [2.24, 2.45) is 0 Å². The van der Waals surface area contributed by atoms with Crippen LogP contribution in [0.25, 0.3) is 0 Å². The molecule has 200 valence electrons. The van der Waals surface area contributed by atoms with Crippen LogP contribution in [-0.2, 0) is 10.5 Å². The van der Waals surface area contributed by atoms with Crippen LogP contribution in [0.3, 0.4) is 0 Å². The highest BCUT2D eigenvalue weighted by Gasteiger charge is 2.53. The zero-order valence-electron chi connectivity index (χ0n) is 23.6. The van der Waals surface area contributed by atoms with E-state index in [0.717, 1.165) is 45.1 Å². The van der Waals surface area contributed by atoms with Gasteiger partial charge in [-0.15, -0.1) is 0 Å². The predicted molar refractivity (Wildman–Crippen MR) is 160 cm³/mol. The number of carbonyl (C=O) groups excluding carboxylic acids is 1. The van der Waals surface area contributed by atoms with Crippen molar-refractivity contribution in [3.8, 4) is 0 Å². The van der Waals surface area contributed by atoms with E-state index in [1.54, 1.807) is 12.4 Å². The van der Waals surface area contributed by atoms with E-state index in [1.807, 2.05) is 48.4 Å². The number of nitrogens with zero attached hydrogens (tertiary/aromatic N) is 5. The van der Waals surface area contributed by atoms with E-state index < -0.39 is 11.7 Å². The molecule has 4 aromatic rings. The maximum atomic E-state index is 13.5. The minimum atomic E-state index is -1.25. The van der Waals surface area contributed by atoms with Crippen molar-refractivity contribution in [1.29, 1.82) is 0 Å². The first kappa shape index (κ1) is 26.1. The van der Waals surface area contributed by atoms with Crippen molar-refractivity contribution in [3.63, 3.8) is 0 Å². The molecule has 1 atom stereocenters. The Morgan fingerprint density at radius 2 is 1.13 bits per heavy atom. The molecule has 39 heavy (non-hydrogen) atoms. The molecule has 0 spiro atoms. The van der Waals surface area contributed by atoms with Gasteiger partial charge in [0.05, 0.1) is 5.56 Å². The van der Waals surface area contributed by atoms with Gasteiger partial charge in [0, 0.05) is 94.2 Å². The molecule has 0 fully saturated rings. The Bertz CT molecular complexity index is 1440. The molecule has 1 aromatic heterocycles. The number of carbonyl (C=O) groups is 1. The molecule has 3 aromatic carbocycles. The molecule has 0 saturated heterocycles. The molecule has 7 heteroatoms. The molecule has 1 unspecified atom stereocenters. The van der Waals surface area contributed by atoms with Crippen molar-refractivity contribution in [2.75, 3.05) is 61.9 Å². The van der Waals surface area contributed by atoms with Gasteiger partial charge in [0.2, 0.25) is 5.72 Å². The summed E-state index contributed by atoms with van der Waals surface area (Å²) in [6.07, 6.45) is 3.33. The molecular formula is C32H35N5O2. The number of benzene rings is 3. The lowest BCUT2D eigenvalue weighted by molar-refractivity contribution is 0.0132. The van der Waals surface area contributed by atoms with Crippen LogP contribution >= 0.6 is 0 Å². The largest absolute Gasteiger partial charge is 0.426 e. The Labute approximate surface area is 230 Å². The Kier molecular flexibility index (Phi) is 6.68. The quantitative estimate of drug-likeness (QED) is 0.285. The molecular weight excluding hydrogens is 486 g/mol. The number of aryl methyl sites for hydroxylation is 1. The van der Waals surface area contributed by atoms with E-state index in [9.17, 15) is 4.79 Å². The molecule has 7 nitrogen and oxygen atoms in total. The summed E-state index contributed by atoms with van der Waals surface area (Å²) in [6, 6.07) is 24.8. The van der Waals surface area contributed by atoms with E-state index in [4.69, 9.17) is 4.74 Å². The van der Waals surface area contributed by atoms with Crippen LogP contribution in [0.5, 0.6) is 0 Å². The zero-order valence-corrected chi connectivity index (χ0v) is 23.6. The van der Waals surface area contributed by atoms with E-state index in [2.05, 4.69) is 98.2 Å². The van der Waals surface area contributed by atoms with E-state index in [0.29, 0.717) is 5.56 Å². The van der Waals surface area contributed by atoms with Crippen molar-refractivity contribution in [1.82, 2.24) is 4.98 Å². The molecule has 0 radical (unpaired) electrons. The molecule has 0 aliphatic carbocycles. The van der Waals surface area contributed by atoms with Crippen LogP contribution in [0.4, 0.5) is 28.4 Å². The van der Waals surface area contributed by atoms with E-state index in [1.165, 1.54) is 0 Å². The second kappa shape index (κ2) is 9.98. The van der Waals surface area contributed by atoms with Gasteiger partial charge in [0.1, 0.15) is 0 Å². The summed E-state index contributed by atoms with van der Waals surface area (Å²) in [4.78, 5) is 26.1. The number of rotatable bonds is 7. The van der Waals surface area contributed by atoms with Crippen LogP contribution in [0, 0.1) is 6.92 Å². The Morgan fingerprint density at radius 1 is 0.641 bits per heavy atom. The summed E-state index contributed by atoms with van der Waals surface area (Å²) in [6.45, 7) is 2.07. The average Bonchev–Trinajstić information content (AvgIpc) is 3.22. The number of aromatic nitrogens is 1. The van der Waals surface area contributed by atoms with Crippen molar-refractivity contribution < 1.29 is 9.53 Å². The third kappa shape index (κ3) is 4.44. The average molecular weight is 522 g/mol. The van der Waals surface area contributed by atoms with Crippen molar-refractivity contribution >= 4 is 34.4 Å². The third-order valence-corrected chi connectivity index (χ3v) is 7.30. The molecule has 0 N–H and O–H groups in total. The van der Waals surface area contributed by atoms with Gasteiger partial charge >= 0.3 is 5.97 Å². The summed E-state index contributed by atoms with van der Waals surface area (Å²) in [5, 5.41) is 0. The normalized spacial score (nSPS) is 15.9. The SMILES string of the molecule is Cc1cc(N(C)C)ccc1C1(N(c2ccc(N(C)C)cc2)c2ccc(N(C)C)cc2)OC(=O)c2cnccc21. The molecule has 1 aliphatic heterocycles.